The molecule has 0 spiro atoms. The molecule has 0 radical (unpaired) electrons. The van der Waals surface area contributed by atoms with Gasteiger partial charge < -0.3 is 4.74 Å². The Kier molecular flexibility index (Phi) is 4.76. The number of hydrogen-bond donors (Lipinski definition) is 0. The van der Waals surface area contributed by atoms with Crippen LogP contribution in [0.15, 0.2) is 0 Å². The maximum Gasteiger partial charge on any atom is 0.308 e. The van der Waals surface area contributed by atoms with Crippen LogP contribution in [0.4, 0.5) is 0 Å². The molecule has 0 N–H and O–H groups in total. The van der Waals surface area contributed by atoms with Gasteiger partial charge in [-0.25, -0.2) is 0 Å². The van der Waals surface area contributed by atoms with Crippen molar-refractivity contribution < 1.29 is 9.53 Å². The smallest absolute Gasteiger partial charge is 0.308 e. The molecule has 0 saturated carbocycles. The summed E-state index contributed by atoms with van der Waals surface area (Å²) in [6.45, 7) is 1.97. The normalized spacial score (nSPS) is 28.5. The van der Waals surface area contributed by atoms with Crippen molar-refractivity contribution >= 4 is 41.1 Å². The van der Waals surface area contributed by atoms with Crippen LogP contribution in [0.1, 0.15) is 13.3 Å². The standard InChI is InChI=1S/C8H13ClO2S2/c1-8(6-12-4-5-13-8)11-7(10)2-3-9/h2-6H2,1H3. The highest BCUT2D eigenvalue weighted by molar-refractivity contribution is 8.07. The van der Waals surface area contributed by atoms with Crippen LogP contribution >= 0.6 is 35.1 Å². The number of hydrogen-bond acceptors (Lipinski definition) is 4. The lowest BCUT2D eigenvalue weighted by atomic mass is 10.4. The molecule has 0 amide bonds. The van der Waals surface area contributed by atoms with Crippen LogP contribution in [0.5, 0.6) is 0 Å². The molecule has 1 saturated heterocycles. The molecule has 1 fully saturated rings. The third kappa shape index (κ3) is 4.00. The first kappa shape index (κ1) is 11.5. The molecule has 2 nitrogen and oxygen atoms in total. The summed E-state index contributed by atoms with van der Waals surface area (Å²) < 4.78 is 5.34. The summed E-state index contributed by atoms with van der Waals surface area (Å²) in [5.74, 6) is 3.23. The molecule has 1 rings (SSSR count). The van der Waals surface area contributed by atoms with Gasteiger partial charge in [-0.3, -0.25) is 4.79 Å². The minimum Gasteiger partial charge on any atom is -0.447 e. The number of rotatable bonds is 3. The van der Waals surface area contributed by atoms with Crippen molar-refractivity contribution in [2.45, 2.75) is 18.3 Å². The molecule has 0 aromatic rings. The van der Waals surface area contributed by atoms with Crippen LogP contribution in [-0.4, -0.2) is 34.0 Å². The van der Waals surface area contributed by atoms with Gasteiger partial charge in [0, 0.05) is 23.1 Å². The highest BCUT2D eigenvalue weighted by Crippen LogP contribution is 2.35. The lowest BCUT2D eigenvalue weighted by Crippen LogP contribution is -2.34. The molecule has 1 heterocycles. The highest BCUT2D eigenvalue weighted by Gasteiger charge is 2.31. The van der Waals surface area contributed by atoms with Gasteiger partial charge in [0.05, 0.1) is 6.42 Å². The first-order valence-corrected chi connectivity index (χ1v) is 6.83. The van der Waals surface area contributed by atoms with E-state index < -0.39 is 0 Å². The first-order chi connectivity index (χ1) is 6.16. The second-order valence-electron chi connectivity index (χ2n) is 2.95. The van der Waals surface area contributed by atoms with Crippen molar-refractivity contribution in [3.63, 3.8) is 0 Å². The number of alkyl halides is 1. The molecule has 5 heteroatoms. The van der Waals surface area contributed by atoms with Crippen molar-refractivity contribution in [3.8, 4) is 0 Å². The number of halogens is 1. The monoisotopic (exact) mass is 240 g/mol. The second-order valence-corrected chi connectivity index (χ2v) is 5.99. The van der Waals surface area contributed by atoms with E-state index in [0.717, 1.165) is 17.3 Å². The molecular formula is C8H13ClO2S2. The Hall–Kier alpha value is 0.460. The van der Waals surface area contributed by atoms with E-state index in [-0.39, 0.29) is 10.9 Å². The quantitative estimate of drug-likeness (QED) is 0.559. The topological polar surface area (TPSA) is 26.3 Å². The minimum atomic E-state index is -0.327. The van der Waals surface area contributed by atoms with Gasteiger partial charge in [0.1, 0.15) is 0 Å². The van der Waals surface area contributed by atoms with Gasteiger partial charge in [-0.2, -0.15) is 11.8 Å². The molecule has 0 aliphatic carbocycles. The van der Waals surface area contributed by atoms with E-state index in [9.17, 15) is 4.79 Å². The fourth-order valence-electron chi connectivity index (χ4n) is 1.04. The fraction of sp³-hybridized carbons (Fsp3) is 0.875. The van der Waals surface area contributed by atoms with Crippen molar-refractivity contribution in [1.82, 2.24) is 0 Å². The average Bonchev–Trinajstić information content (AvgIpc) is 2.04. The fourth-order valence-corrected chi connectivity index (χ4v) is 3.74. The molecular weight excluding hydrogens is 228 g/mol. The maximum absolute atomic E-state index is 11.2. The molecule has 1 aliphatic heterocycles. The van der Waals surface area contributed by atoms with Crippen LogP contribution < -0.4 is 0 Å². The molecule has 1 unspecified atom stereocenters. The number of ether oxygens (including phenoxy) is 1. The van der Waals surface area contributed by atoms with E-state index in [2.05, 4.69) is 0 Å². The number of thioether (sulfide) groups is 2. The zero-order chi connectivity index (χ0) is 9.73. The Balaban J connectivity index is 2.36. The van der Waals surface area contributed by atoms with Gasteiger partial charge in [0.2, 0.25) is 0 Å². The third-order valence-electron chi connectivity index (χ3n) is 1.63. The van der Waals surface area contributed by atoms with Crippen LogP contribution in [0.2, 0.25) is 0 Å². The summed E-state index contributed by atoms with van der Waals surface area (Å²) in [5, 5.41) is 0. The molecule has 0 aromatic carbocycles. The van der Waals surface area contributed by atoms with E-state index in [1.807, 2.05) is 18.7 Å². The van der Waals surface area contributed by atoms with Crippen LogP contribution in [-0.2, 0) is 9.53 Å². The van der Waals surface area contributed by atoms with E-state index in [1.165, 1.54) is 0 Å². The summed E-state index contributed by atoms with van der Waals surface area (Å²) >= 11 is 8.99. The maximum atomic E-state index is 11.2. The first-order valence-electron chi connectivity index (χ1n) is 4.16. The Bertz CT molecular complexity index is 181. The largest absolute Gasteiger partial charge is 0.447 e. The number of esters is 1. The summed E-state index contributed by atoms with van der Waals surface area (Å²) in [6, 6.07) is 0. The molecule has 1 aliphatic rings. The van der Waals surface area contributed by atoms with Gasteiger partial charge in [0.25, 0.3) is 0 Å². The van der Waals surface area contributed by atoms with Crippen LogP contribution in [0.25, 0.3) is 0 Å². The lowest BCUT2D eigenvalue weighted by Gasteiger charge is -2.31. The van der Waals surface area contributed by atoms with Gasteiger partial charge >= 0.3 is 5.97 Å². The Labute approximate surface area is 92.1 Å². The van der Waals surface area contributed by atoms with E-state index in [4.69, 9.17) is 16.3 Å². The molecule has 13 heavy (non-hydrogen) atoms. The predicted octanol–water partition coefficient (Wildman–Crippen LogP) is 2.35. The third-order valence-corrected chi connectivity index (χ3v) is 4.75. The summed E-state index contributed by atoms with van der Waals surface area (Å²) in [7, 11) is 0. The second kappa shape index (κ2) is 5.37. The zero-order valence-corrected chi connectivity index (χ0v) is 9.94. The van der Waals surface area contributed by atoms with Crippen LogP contribution in [0.3, 0.4) is 0 Å². The summed E-state index contributed by atoms with van der Waals surface area (Å²) in [5.41, 5.74) is 0. The van der Waals surface area contributed by atoms with Crippen molar-refractivity contribution in [3.05, 3.63) is 0 Å². The van der Waals surface area contributed by atoms with Crippen molar-refractivity contribution in [2.75, 3.05) is 23.1 Å². The van der Waals surface area contributed by atoms with Gasteiger partial charge in [-0.1, -0.05) is 0 Å². The number of carbonyl (C=O) groups is 1. The highest BCUT2D eigenvalue weighted by atomic mass is 35.5. The van der Waals surface area contributed by atoms with Crippen LogP contribution in [0, 0.1) is 0 Å². The SMILES string of the molecule is CC1(OC(=O)CCCl)CSCCS1. The molecule has 76 valence electrons. The van der Waals surface area contributed by atoms with E-state index >= 15 is 0 Å². The Morgan fingerprint density at radius 1 is 1.62 bits per heavy atom. The predicted molar refractivity (Wildman–Crippen MR) is 59.6 cm³/mol. The Morgan fingerprint density at radius 3 is 2.92 bits per heavy atom. The van der Waals surface area contributed by atoms with E-state index in [1.54, 1.807) is 11.8 Å². The van der Waals surface area contributed by atoms with Gasteiger partial charge in [0.15, 0.2) is 4.93 Å². The lowest BCUT2D eigenvalue weighted by molar-refractivity contribution is -0.148. The number of carbonyl (C=O) groups excluding carboxylic acids is 1. The minimum absolute atomic E-state index is 0.187. The summed E-state index contributed by atoms with van der Waals surface area (Å²) in [6.07, 6.45) is 0.308. The van der Waals surface area contributed by atoms with Crippen molar-refractivity contribution in [2.24, 2.45) is 0 Å². The van der Waals surface area contributed by atoms with Gasteiger partial charge in [-0.15, -0.1) is 23.4 Å². The zero-order valence-electron chi connectivity index (χ0n) is 7.55. The Morgan fingerprint density at radius 2 is 2.38 bits per heavy atom. The molecule has 0 bridgehead atoms. The molecule has 1 atom stereocenters. The summed E-state index contributed by atoms with van der Waals surface area (Å²) in [4.78, 5) is 10.9. The van der Waals surface area contributed by atoms with Crippen molar-refractivity contribution in [1.29, 1.82) is 0 Å². The molecule has 0 aromatic heterocycles. The van der Waals surface area contributed by atoms with Gasteiger partial charge in [-0.05, 0) is 6.92 Å². The van der Waals surface area contributed by atoms with E-state index in [0.29, 0.717) is 12.3 Å². The average molecular weight is 241 g/mol.